The Labute approximate surface area is 256 Å². The van der Waals surface area contributed by atoms with Gasteiger partial charge >= 0.3 is 0 Å². The summed E-state index contributed by atoms with van der Waals surface area (Å²) >= 11 is 5.86. The molecule has 0 spiro atoms. The molecule has 2 N–H and O–H groups in total. The standard InChI is InChI=1S/C31H38ClF3N4O3S/c1-29(2)26(27(40)36-22-11-15-31(34,35)16-12-22)37-28(38-29)30(13-6-14-30)17-18-39(20-21-9-10-24(32)25(33)19-21)43(41,42)23-7-4-3-5-8-23/h3-5,7-10,19,22,26H,6,11-18,20H2,1-2H3,(H,36,40)(H,37,38)/t26-/m0/s1. The maximum atomic E-state index is 14.3. The lowest BCUT2D eigenvalue weighted by Gasteiger charge is -2.44. The number of amidine groups is 1. The van der Waals surface area contributed by atoms with Gasteiger partial charge in [0.25, 0.3) is 0 Å². The van der Waals surface area contributed by atoms with Crippen LogP contribution in [0.5, 0.6) is 0 Å². The topological polar surface area (TPSA) is 90.9 Å². The smallest absolute Gasteiger partial charge is 0.248 e. The zero-order valence-corrected chi connectivity index (χ0v) is 26.0. The van der Waals surface area contributed by atoms with E-state index in [9.17, 15) is 26.4 Å². The monoisotopic (exact) mass is 638 g/mol. The first-order valence-electron chi connectivity index (χ1n) is 14.7. The molecule has 0 aromatic heterocycles. The largest absolute Gasteiger partial charge is 0.366 e. The van der Waals surface area contributed by atoms with E-state index in [2.05, 4.69) is 10.6 Å². The van der Waals surface area contributed by atoms with Gasteiger partial charge in [-0.25, -0.2) is 21.6 Å². The van der Waals surface area contributed by atoms with E-state index in [1.807, 2.05) is 13.8 Å². The SMILES string of the molecule is CC1(C)NC(C2(CCN(Cc3ccc(Cl)c(F)c3)S(=O)(=O)c3ccccc3)CCC2)=N[C@H]1C(=O)NC1CCC(F)(F)CC1. The lowest BCUT2D eigenvalue weighted by atomic mass is 9.65. The Morgan fingerprint density at radius 1 is 1.09 bits per heavy atom. The number of carbonyl (C=O) groups is 1. The fourth-order valence-electron chi connectivity index (χ4n) is 6.23. The average Bonchev–Trinajstić information content (AvgIpc) is 3.26. The molecule has 1 atom stereocenters. The number of carbonyl (C=O) groups excluding carboxylic acids is 1. The first kappa shape index (κ1) is 31.8. The Morgan fingerprint density at radius 3 is 2.37 bits per heavy atom. The van der Waals surface area contributed by atoms with Crippen molar-refractivity contribution in [3.8, 4) is 0 Å². The van der Waals surface area contributed by atoms with Gasteiger partial charge in [-0.15, -0.1) is 0 Å². The zero-order valence-electron chi connectivity index (χ0n) is 24.4. The van der Waals surface area contributed by atoms with Gasteiger partial charge in [0.2, 0.25) is 21.9 Å². The Hall–Kier alpha value is -2.63. The number of benzene rings is 2. The molecule has 0 unspecified atom stereocenters. The van der Waals surface area contributed by atoms with E-state index in [-0.39, 0.29) is 60.6 Å². The quantitative estimate of drug-likeness (QED) is 0.330. The van der Waals surface area contributed by atoms with Crippen LogP contribution >= 0.6 is 11.6 Å². The first-order chi connectivity index (χ1) is 20.2. The molecule has 1 amide bonds. The Morgan fingerprint density at radius 2 is 1.77 bits per heavy atom. The molecule has 12 heteroatoms. The van der Waals surface area contributed by atoms with E-state index in [4.69, 9.17) is 16.6 Å². The van der Waals surface area contributed by atoms with Gasteiger partial charge in [-0.2, -0.15) is 4.31 Å². The second-order valence-corrected chi connectivity index (χ2v) is 15.0. The number of hydrogen-bond donors (Lipinski definition) is 2. The highest BCUT2D eigenvalue weighted by Crippen LogP contribution is 2.47. The van der Waals surface area contributed by atoms with E-state index in [1.54, 1.807) is 24.3 Å². The van der Waals surface area contributed by atoms with Gasteiger partial charge in [-0.1, -0.05) is 42.3 Å². The third-order valence-corrected chi connectivity index (χ3v) is 11.2. The van der Waals surface area contributed by atoms with Crippen molar-refractivity contribution in [3.05, 3.63) is 64.9 Å². The highest BCUT2D eigenvalue weighted by molar-refractivity contribution is 7.89. The molecule has 0 bridgehead atoms. The van der Waals surface area contributed by atoms with Crippen molar-refractivity contribution in [3.63, 3.8) is 0 Å². The van der Waals surface area contributed by atoms with Crippen LogP contribution in [0.3, 0.4) is 0 Å². The Kier molecular flexibility index (Phi) is 8.90. The summed E-state index contributed by atoms with van der Waals surface area (Å²) in [5.74, 6) is -2.92. The van der Waals surface area contributed by atoms with E-state index >= 15 is 0 Å². The molecule has 0 saturated heterocycles. The summed E-state index contributed by atoms with van der Waals surface area (Å²) in [7, 11) is -3.92. The predicted molar refractivity (Wildman–Crippen MR) is 160 cm³/mol. The molecule has 234 valence electrons. The minimum absolute atomic E-state index is 0.0393. The lowest BCUT2D eigenvalue weighted by Crippen LogP contribution is -2.55. The van der Waals surface area contributed by atoms with Gasteiger partial charge in [0.05, 0.1) is 15.5 Å². The van der Waals surface area contributed by atoms with Crippen LogP contribution in [0.15, 0.2) is 58.4 Å². The van der Waals surface area contributed by atoms with Gasteiger partial charge in [0.15, 0.2) is 6.04 Å². The molecule has 43 heavy (non-hydrogen) atoms. The Balaban J connectivity index is 1.35. The van der Waals surface area contributed by atoms with Gasteiger partial charge in [0.1, 0.15) is 11.7 Å². The summed E-state index contributed by atoms with van der Waals surface area (Å²) in [6, 6.07) is 11.3. The number of alkyl halides is 2. The first-order valence-corrected chi connectivity index (χ1v) is 16.6. The number of nitrogens with zero attached hydrogens (tertiary/aromatic N) is 2. The van der Waals surface area contributed by atoms with Crippen molar-refractivity contribution >= 4 is 33.4 Å². The van der Waals surface area contributed by atoms with Crippen molar-refractivity contribution in [2.24, 2.45) is 10.4 Å². The van der Waals surface area contributed by atoms with Crippen LogP contribution in [0.4, 0.5) is 13.2 Å². The molecule has 2 fully saturated rings. The fraction of sp³-hybridized carbons (Fsp3) is 0.548. The van der Waals surface area contributed by atoms with Crippen LogP contribution < -0.4 is 10.6 Å². The van der Waals surface area contributed by atoms with Crippen LogP contribution in [-0.4, -0.2) is 54.6 Å². The molecule has 1 heterocycles. The lowest BCUT2D eigenvalue weighted by molar-refractivity contribution is -0.125. The molecule has 2 aliphatic carbocycles. The molecule has 7 nitrogen and oxygen atoms in total. The molecular weight excluding hydrogens is 601 g/mol. The fourth-order valence-corrected chi connectivity index (χ4v) is 7.80. The highest BCUT2D eigenvalue weighted by Gasteiger charge is 2.51. The van der Waals surface area contributed by atoms with Crippen LogP contribution in [0.1, 0.15) is 70.8 Å². The van der Waals surface area contributed by atoms with Crippen LogP contribution in [0, 0.1) is 11.2 Å². The summed E-state index contributed by atoms with van der Waals surface area (Å²) < 4.78 is 70.4. The summed E-state index contributed by atoms with van der Waals surface area (Å²) in [6.07, 6.45) is 2.89. The second-order valence-electron chi connectivity index (χ2n) is 12.6. The second kappa shape index (κ2) is 12.0. The number of aliphatic imine (C=N–C) groups is 1. The third kappa shape index (κ3) is 6.88. The van der Waals surface area contributed by atoms with Gasteiger partial charge < -0.3 is 10.6 Å². The van der Waals surface area contributed by atoms with Crippen molar-refractivity contribution in [1.82, 2.24) is 14.9 Å². The van der Waals surface area contributed by atoms with Gasteiger partial charge in [-0.3, -0.25) is 9.79 Å². The minimum Gasteiger partial charge on any atom is -0.366 e. The van der Waals surface area contributed by atoms with Crippen molar-refractivity contribution < 1.29 is 26.4 Å². The summed E-state index contributed by atoms with van der Waals surface area (Å²) in [5.41, 5.74) is -0.690. The minimum atomic E-state index is -3.92. The predicted octanol–water partition coefficient (Wildman–Crippen LogP) is 6.07. The summed E-state index contributed by atoms with van der Waals surface area (Å²) in [6.45, 7) is 3.88. The summed E-state index contributed by atoms with van der Waals surface area (Å²) in [4.78, 5) is 18.3. The third-order valence-electron chi connectivity index (χ3n) is 9.07. The maximum Gasteiger partial charge on any atom is 0.248 e. The van der Waals surface area contributed by atoms with E-state index in [0.29, 0.717) is 17.8 Å². The van der Waals surface area contributed by atoms with Crippen molar-refractivity contribution in [1.29, 1.82) is 0 Å². The summed E-state index contributed by atoms with van der Waals surface area (Å²) in [5, 5.41) is 6.35. The van der Waals surface area contributed by atoms with Crippen LogP contribution in [-0.2, 0) is 21.4 Å². The number of halogens is 4. The van der Waals surface area contributed by atoms with Gasteiger partial charge in [-0.05, 0) is 75.8 Å². The average molecular weight is 639 g/mol. The number of amides is 1. The van der Waals surface area contributed by atoms with E-state index in [1.165, 1.54) is 28.6 Å². The number of sulfonamides is 1. The molecule has 3 aliphatic rings. The van der Waals surface area contributed by atoms with Crippen LogP contribution in [0.2, 0.25) is 5.02 Å². The molecule has 0 radical (unpaired) electrons. The molecular formula is C31H38ClF3N4O3S. The van der Waals surface area contributed by atoms with E-state index in [0.717, 1.165) is 19.3 Å². The van der Waals surface area contributed by atoms with E-state index < -0.39 is 38.8 Å². The van der Waals surface area contributed by atoms with Crippen LogP contribution in [0.25, 0.3) is 0 Å². The molecule has 2 aromatic carbocycles. The van der Waals surface area contributed by atoms with Gasteiger partial charge in [0, 0.05) is 37.4 Å². The number of rotatable bonds is 10. The van der Waals surface area contributed by atoms with Crippen molar-refractivity contribution in [2.75, 3.05) is 6.54 Å². The van der Waals surface area contributed by atoms with Crippen molar-refractivity contribution in [2.45, 2.75) is 100 Å². The molecule has 1 aliphatic heterocycles. The molecule has 2 saturated carbocycles. The molecule has 2 aromatic rings. The molecule has 5 rings (SSSR count). The maximum absolute atomic E-state index is 14.3. The Bertz CT molecular complexity index is 1470. The highest BCUT2D eigenvalue weighted by atomic mass is 35.5. The number of hydrogen-bond acceptors (Lipinski definition) is 5. The normalized spacial score (nSPS) is 22.9. The zero-order chi connectivity index (χ0) is 31.0. The number of nitrogens with one attached hydrogen (secondary N) is 2.